The van der Waals surface area contributed by atoms with Crippen LogP contribution in [0, 0.1) is 0 Å². The third-order valence-corrected chi connectivity index (χ3v) is 3.93. The van der Waals surface area contributed by atoms with Crippen LogP contribution >= 0.6 is 35.7 Å². The zero-order chi connectivity index (χ0) is 11.8. The maximum absolute atomic E-state index is 11.2. The van der Waals surface area contributed by atoms with Crippen molar-refractivity contribution in [3.05, 3.63) is 29.4 Å². The van der Waals surface area contributed by atoms with Gasteiger partial charge in [-0.2, -0.15) is 3.62 Å². The van der Waals surface area contributed by atoms with Gasteiger partial charge < -0.3 is 9.51 Å². The molecule has 1 aromatic heterocycles. The highest BCUT2D eigenvalue weighted by atomic mass is 79.9. The van der Waals surface area contributed by atoms with Crippen molar-refractivity contribution in [2.75, 3.05) is 0 Å². The smallest absolute Gasteiger partial charge is 0.401 e. The quantitative estimate of drug-likeness (QED) is 0.845. The molecular formula is C8H6BrClNO4P. The van der Waals surface area contributed by atoms with Gasteiger partial charge in [-0.3, -0.25) is 4.89 Å². The first-order valence-corrected chi connectivity index (χ1v) is 6.64. The highest BCUT2D eigenvalue weighted by Gasteiger charge is 2.24. The summed E-state index contributed by atoms with van der Waals surface area (Å²) in [6, 6.07) is 5.18. The van der Waals surface area contributed by atoms with Crippen LogP contribution in [0.5, 0.6) is 5.75 Å². The van der Waals surface area contributed by atoms with E-state index in [4.69, 9.17) is 21.0 Å². The largest absolute Gasteiger partial charge is 0.538 e. The Kier molecular flexibility index (Phi) is 3.28. The lowest BCUT2D eigenvalue weighted by molar-refractivity contribution is 0.313. The van der Waals surface area contributed by atoms with Gasteiger partial charge in [0.2, 0.25) is 0 Å². The van der Waals surface area contributed by atoms with E-state index in [9.17, 15) is 4.57 Å². The fourth-order valence-corrected chi connectivity index (χ4v) is 2.19. The summed E-state index contributed by atoms with van der Waals surface area (Å²) in [6.07, 6.45) is 1.44. The van der Waals surface area contributed by atoms with Crippen molar-refractivity contribution in [2.24, 2.45) is 0 Å². The molecule has 0 bridgehead atoms. The van der Waals surface area contributed by atoms with Crippen molar-refractivity contribution in [1.82, 2.24) is 4.98 Å². The van der Waals surface area contributed by atoms with E-state index in [-0.39, 0.29) is 5.75 Å². The minimum atomic E-state index is -4.15. The van der Waals surface area contributed by atoms with Gasteiger partial charge in [0.25, 0.3) is 0 Å². The normalized spacial score (nSPS) is 14.9. The molecule has 1 unspecified atom stereocenters. The Labute approximate surface area is 104 Å². The van der Waals surface area contributed by atoms with Crippen molar-refractivity contribution in [2.45, 2.75) is 0 Å². The number of aromatic amines is 1. The van der Waals surface area contributed by atoms with Crippen molar-refractivity contribution in [3.8, 4) is 5.75 Å². The maximum atomic E-state index is 11.2. The van der Waals surface area contributed by atoms with E-state index in [0.29, 0.717) is 15.9 Å². The molecule has 0 amide bonds. The molecule has 0 saturated heterocycles. The number of phosphoric acid groups is 1. The highest BCUT2D eigenvalue weighted by molar-refractivity contribution is 9.06. The molecule has 5 nitrogen and oxygen atoms in total. The van der Waals surface area contributed by atoms with E-state index in [1.807, 2.05) is 0 Å². The molecule has 0 aliphatic heterocycles. The number of H-pyrrole nitrogens is 1. The summed E-state index contributed by atoms with van der Waals surface area (Å²) in [5.41, 5.74) is 0.706. The number of fused-ring (bicyclic) bond motifs is 1. The standard InChI is InChI=1S/C8H6BrClNO4P/c9-15-16(12,13)14-7-4-11-6-3-1-2-5(10)8(6)7/h1-4,11H,(H,12,13). The summed E-state index contributed by atoms with van der Waals surface area (Å²) in [7, 11) is -4.15. The lowest BCUT2D eigenvalue weighted by Crippen LogP contribution is -1.90. The number of rotatable bonds is 3. The Bertz CT molecular complexity index is 572. The van der Waals surface area contributed by atoms with Gasteiger partial charge in [-0.25, -0.2) is 4.57 Å². The van der Waals surface area contributed by atoms with Crippen molar-refractivity contribution >= 4 is 46.6 Å². The van der Waals surface area contributed by atoms with Gasteiger partial charge in [0.05, 0.1) is 15.9 Å². The summed E-state index contributed by atoms with van der Waals surface area (Å²) in [5, 5.41) is 0.950. The molecule has 0 aliphatic rings. The molecule has 8 heteroatoms. The number of halogens is 2. The van der Waals surface area contributed by atoms with Crippen LogP contribution in [-0.4, -0.2) is 9.88 Å². The molecule has 1 aromatic carbocycles. The minimum absolute atomic E-state index is 0.158. The first-order chi connectivity index (χ1) is 7.53. The Balaban J connectivity index is 2.50. The summed E-state index contributed by atoms with van der Waals surface area (Å²) < 4.78 is 20.2. The molecule has 0 radical (unpaired) electrons. The maximum Gasteiger partial charge on any atom is 0.538 e. The highest BCUT2D eigenvalue weighted by Crippen LogP contribution is 2.48. The zero-order valence-electron chi connectivity index (χ0n) is 7.68. The zero-order valence-corrected chi connectivity index (χ0v) is 10.9. The summed E-state index contributed by atoms with van der Waals surface area (Å²) >= 11 is 8.37. The molecule has 86 valence electrons. The molecule has 0 aliphatic carbocycles. The SMILES string of the molecule is O=P(O)(OBr)Oc1c[nH]c2cccc(Cl)c12. The molecule has 0 saturated carbocycles. The third-order valence-electron chi connectivity index (χ3n) is 1.92. The summed E-state index contributed by atoms with van der Waals surface area (Å²) in [6.45, 7) is 0. The molecule has 0 fully saturated rings. The lowest BCUT2D eigenvalue weighted by atomic mass is 10.2. The van der Waals surface area contributed by atoms with Crippen LogP contribution in [0.2, 0.25) is 5.02 Å². The lowest BCUT2D eigenvalue weighted by Gasteiger charge is -2.07. The molecule has 1 heterocycles. The molecule has 1 atom stereocenters. The van der Waals surface area contributed by atoms with Crippen LogP contribution in [0.25, 0.3) is 10.9 Å². The average Bonchev–Trinajstić information content (AvgIpc) is 2.62. The Morgan fingerprint density at radius 2 is 2.25 bits per heavy atom. The van der Waals surface area contributed by atoms with Crippen molar-refractivity contribution < 1.29 is 17.6 Å². The molecular weight excluding hydrogens is 320 g/mol. The van der Waals surface area contributed by atoms with E-state index in [0.717, 1.165) is 0 Å². The monoisotopic (exact) mass is 325 g/mol. The van der Waals surface area contributed by atoms with Crippen LogP contribution in [0.4, 0.5) is 0 Å². The fraction of sp³-hybridized carbons (Fsp3) is 0. The summed E-state index contributed by atoms with van der Waals surface area (Å²) in [5.74, 6) is 0.158. The third kappa shape index (κ3) is 2.26. The number of aromatic nitrogens is 1. The van der Waals surface area contributed by atoms with Crippen LogP contribution in [0.1, 0.15) is 0 Å². The van der Waals surface area contributed by atoms with Gasteiger partial charge in [-0.05, 0) is 12.1 Å². The van der Waals surface area contributed by atoms with Crippen molar-refractivity contribution in [1.29, 1.82) is 0 Å². The topological polar surface area (TPSA) is 71.6 Å². The summed E-state index contributed by atoms with van der Waals surface area (Å²) in [4.78, 5) is 12.0. The van der Waals surface area contributed by atoms with Crippen LogP contribution in [-0.2, 0) is 8.18 Å². The van der Waals surface area contributed by atoms with Crippen LogP contribution in [0.15, 0.2) is 24.4 Å². The van der Waals surface area contributed by atoms with E-state index >= 15 is 0 Å². The first kappa shape index (κ1) is 12.0. The predicted octanol–water partition coefficient (Wildman–Crippen LogP) is 3.63. The van der Waals surface area contributed by atoms with Crippen molar-refractivity contribution in [3.63, 3.8) is 0 Å². The van der Waals surface area contributed by atoms with E-state index in [1.54, 1.807) is 18.2 Å². The fourth-order valence-electron chi connectivity index (χ4n) is 1.32. The molecule has 16 heavy (non-hydrogen) atoms. The number of hydrogen-bond donors (Lipinski definition) is 2. The van der Waals surface area contributed by atoms with Crippen LogP contribution < -0.4 is 4.52 Å². The molecule has 0 spiro atoms. The Morgan fingerprint density at radius 3 is 2.94 bits per heavy atom. The molecule has 2 rings (SSSR count). The first-order valence-electron chi connectivity index (χ1n) is 4.12. The predicted molar refractivity (Wildman–Crippen MR) is 63.8 cm³/mol. The number of nitrogens with one attached hydrogen (secondary N) is 1. The van der Waals surface area contributed by atoms with Gasteiger partial charge in [0.15, 0.2) is 5.75 Å². The second-order valence-corrected chi connectivity index (χ2v) is 5.48. The van der Waals surface area contributed by atoms with E-state index < -0.39 is 7.82 Å². The molecule has 2 aromatic rings. The number of benzene rings is 1. The van der Waals surface area contributed by atoms with Gasteiger partial charge >= 0.3 is 7.82 Å². The van der Waals surface area contributed by atoms with Gasteiger partial charge in [-0.1, -0.05) is 17.7 Å². The van der Waals surface area contributed by atoms with Crippen LogP contribution in [0.3, 0.4) is 0 Å². The Hall–Kier alpha value is -0.520. The number of hydrogen-bond acceptors (Lipinski definition) is 3. The second-order valence-electron chi connectivity index (χ2n) is 2.94. The average molecular weight is 326 g/mol. The van der Waals surface area contributed by atoms with E-state index in [2.05, 4.69) is 24.9 Å². The second kappa shape index (κ2) is 4.39. The van der Waals surface area contributed by atoms with Gasteiger partial charge in [-0.15, -0.1) is 0 Å². The van der Waals surface area contributed by atoms with Gasteiger partial charge in [0, 0.05) is 6.20 Å². The van der Waals surface area contributed by atoms with E-state index in [1.165, 1.54) is 6.20 Å². The number of phosphoric ester groups is 1. The Morgan fingerprint density at radius 1 is 1.50 bits per heavy atom. The molecule has 2 N–H and O–H groups in total. The minimum Gasteiger partial charge on any atom is -0.401 e. The van der Waals surface area contributed by atoms with Gasteiger partial charge in [0.1, 0.15) is 16.3 Å².